The number of aryl methyl sites for hydroxylation is 1. The third kappa shape index (κ3) is 2.50. The predicted octanol–water partition coefficient (Wildman–Crippen LogP) is 4.29. The van der Waals surface area contributed by atoms with Crippen molar-refractivity contribution < 1.29 is 4.79 Å². The first kappa shape index (κ1) is 12.7. The molecule has 0 fully saturated rings. The fourth-order valence-corrected chi connectivity index (χ4v) is 2.62. The summed E-state index contributed by atoms with van der Waals surface area (Å²) >= 11 is 0. The number of amides is 1. The van der Waals surface area contributed by atoms with Crippen LogP contribution in [0.25, 0.3) is 5.57 Å². The lowest BCUT2D eigenvalue weighted by atomic mass is 9.88. The van der Waals surface area contributed by atoms with E-state index in [0.29, 0.717) is 5.56 Å². The monoisotopic (exact) mass is 263 g/mol. The van der Waals surface area contributed by atoms with E-state index in [1.807, 2.05) is 42.5 Å². The van der Waals surface area contributed by atoms with E-state index in [2.05, 4.69) is 18.0 Å². The molecule has 0 saturated heterocycles. The average molecular weight is 263 g/mol. The van der Waals surface area contributed by atoms with Crippen LogP contribution < -0.4 is 5.32 Å². The first-order chi connectivity index (χ1) is 9.74. The molecule has 0 spiro atoms. The molecule has 2 aromatic rings. The molecule has 0 aromatic heterocycles. The highest BCUT2D eigenvalue weighted by molar-refractivity contribution is 6.04. The minimum Gasteiger partial charge on any atom is -0.322 e. The highest BCUT2D eigenvalue weighted by Gasteiger charge is 2.13. The van der Waals surface area contributed by atoms with E-state index >= 15 is 0 Å². The topological polar surface area (TPSA) is 29.1 Å². The Hall–Kier alpha value is -2.35. The Bertz CT molecular complexity index is 658. The van der Waals surface area contributed by atoms with Gasteiger partial charge in [-0.3, -0.25) is 4.79 Å². The number of carbonyl (C=O) groups excluding carboxylic acids is 1. The molecule has 1 N–H and O–H groups in total. The van der Waals surface area contributed by atoms with Gasteiger partial charge in [0.05, 0.1) is 0 Å². The molecular formula is C18H17NO. The number of allylic oxidation sites excluding steroid dienone is 1. The van der Waals surface area contributed by atoms with Crippen LogP contribution in [0.2, 0.25) is 0 Å². The minimum atomic E-state index is -0.0769. The molecule has 0 radical (unpaired) electrons. The minimum absolute atomic E-state index is 0.0769. The molecular weight excluding hydrogens is 246 g/mol. The molecule has 1 amide bonds. The summed E-state index contributed by atoms with van der Waals surface area (Å²) in [5.74, 6) is -0.0769. The highest BCUT2D eigenvalue weighted by atomic mass is 16.1. The maximum absolute atomic E-state index is 12.1. The van der Waals surface area contributed by atoms with Crippen LogP contribution in [-0.4, -0.2) is 5.91 Å². The van der Waals surface area contributed by atoms with Gasteiger partial charge in [0.15, 0.2) is 0 Å². The van der Waals surface area contributed by atoms with E-state index in [0.717, 1.165) is 18.5 Å². The molecule has 0 atom stereocenters. The first-order valence-corrected chi connectivity index (χ1v) is 6.91. The lowest BCUT2D eigenvalue weighted by molar-refractivity contribution is 0.102. The molecule has 1 aliphatic rings. The smallest absolute Gasteiger partial charge is 0.255 e. The van der Waals surface area contributed by atoms with Gasteiger partial charge in [-0.2, -0.15) is 0 Å². The van der Waals surface area contributed by atoms with Gasteiger partial charge in [-0.1, -0.05) is 30.8 Å². The molecule has 100 valence electrons. The second-order valence-corrected chi connectivity index (χ2v) is 5.15. The van der Waals surface area contributed by atoms with Crippen LogP contribution in [0.3, 0.4) is 0 Å². The van der Waals surface area contributed by atoms with Crippen molar-refractivity contribution >= 4 is 17.2 Å². The summed E-state index contributed by atoms with van der Waals surface area (Å²) in [7, 11) is 0. The summed E-state index contributed by atoms with van der Waals surface area (Å²) < 4.78 is 0. The number of benzene rings is 2. The van der Waals surface area contributed by atoms with Gasteiger partial charge < -0.3 is 5.32 Å². The molecule has 2 aromatic carbocycles. The predicted molar refractivity (Wildman–Crippen MR) is 82.8 cm³/mol. The Morgan fingerprint density at radius 3 is 2.65 bits per heavy atom. The maximum atomic E-state index is 12.1. The van der Waals surface area contributed by atoms with Crippen molar-refractivity contribution in [2.75, 3.05) is 5.32 Å². The zero-order valence-corrected chi connectivity index (χ0v) is 11.4. The standard InChI is InChI=1S/C18H17NO/c1-13-6-5-9-14-10-11-16(12-17(13)14)19-18(20)15-7-3-2-4-8-15/h2-4,7-8,10-12H,1,5-6,9H2,(H,19,20). The Morgan fingerprint density at radius 2 is 1.85 bits per heavy atom. The van der Waals surface area contributed by atoms with Crippen LogP contribution >= 0.6 is 0 Å². The Morgan fingerprint density at radius 1 is 1.05 bits per heavy atom. The molecule has 0 saturated carbocycles. The maximum Gasteiger partial charge on any atom is 0.255 e. The Labute approximate surface area is 119 Å². The zero-order chi connectivity index (χ0) is 13.9. The quantitative estimate of drug-likeness (QED) is 0.860. The molecule has 0 aliphatic heterocycles. The van der Waals surface area contributed by atoms with Crippen molar-refractivity contribution in [2.24, 2.45) is 0 Å². The van der Waals surface area contributed by atoms with Gasteiger partial charge in [0.25, 0.3) is 5.91 Å². The number of fused-ring (bicyclic) bond motifs is 1. The number of hydrogen-bond donors (Lipinski definition) is 1. The number of nitrogens with one attached hydrogen (secondary N) is 1. The van der Waals surface area contributed by atoms with Crippen molar-refractivity contribution in [1.29, 1.82) is 0 Å². The lowest BCUT2D eigenvalue weighted by Crippen LogP contribution is -2.12. The fourth-order valence-electron chi connectivity index (χ4n) is 2.62. The van der Waals surface area contributed by atoms with Crippen LogP contribution in [0.1, 0.15) is 34.3 Å². The van der Waals surface area contributed by atoms with Gasteiger partial charge in [0.2, 0.25) is 0 Å². The summed E-state index contributed by atoms with van der Waals surface area (Å²) in [6.07, 6.45) is 3.31. The van der Waals surface area contributed by atoms with Gasteiger partial charge in [0, 0.05) is 11.3 Å². The van der Waals surface area contributed by atoms with Gasteiger partial charge in [-0.25, -0.2) is 0 Å². The van der Waals surface area contributed by atoms with E-state index in [1.165, 1.54) is 23.1 Å². The summed E-state index contributed by atoms with van der Waals surface area (Å²) in [6.45, 7) is 4.12. The second-order valence-electron chi connectivity index (χ2n) is 5.15. The van der Waals surface area contributed by atoms with Crippen molar-refractivity contribution in [2.45, 2.75) is 19.3 Å². The third-order valence-electron chi connectivity index (χ3n) is 3.71. The number of rotatable bonds is 2. The average Bonchev–Trinajstić information content (AvgIpc) is 2.49. The van der Waals surface area contributed by atoms with E-state index in [9.17, 15) is 4.79 Å². The zero-order valence-electron chi connectivity index (χ0n) is 11.4. The molecule has 0 unspecified atom stereocenters. The third-order valence-corrected chi connectivity index (χ3v) is 3.71. The summed E-state index contributed by atoms with van der Waals surface area (Å²) in [4.78, 5) is 12.1. The first-order valence-electron chi connectivity index (χ1n) is 6.91. The molecule has 3 rings (SSSR count). The second kappa shape index (κ2) is 5.33. The summed E-state index contributed by atoms with van der Waals surface area (Å²) in [6, 6.07) is 15.4. The van der Waals surface area contributed by atoms with E-state index in [1.54, 1.807) is 0 Å². The molecule has 0 heterocycles. The Balaban J connectivity index is 1.83. The van der Waals surface area contributed by atoms with Crippen LogP contribution in [0.4, 0.5) is 5.69 Å². The van der Waals surface area contributed by atoms with Crippen LogP contribution in [0.15, 0.2) is 55.1 Å². The van der Waals surface area contributed by atoms with Gasteiger partial charge in [-0.05, 0) is 60.2 Å². The number of anilines is 1. The Kier molecular flexibility index (Phi) is 3.38. The van der Waals surface area contributed by atoms with Crippen molar-refractivity contribution in [3.63, 3.8) is 0 Å². The van der Waals surface area contributed by atoms with Gasteiger partial charge in [-0.15, -0.1) is 0 Å². The van der Waals surface area contributed by atoms with E-state index in [4.69, 9.17) is 0 Å². The molecule has 2 heteroatoms. The summed E-state index contributed by atoms with van der Waals surface area (Å²) in [5.41, 5.74) is 5.20. The van der Waals surface area contributed by atoms with Crippen molar-refractivity contribution in [3.8, 4) is 0 Å². The molecule has 1 aliphatic carbocycles. The fraction of sp³-hybridized carbons (Fsp3) is 0.167. The molecule has 2 nitrogen and oxygen atoms in total. The lowest BCUT2D eigenvalue weighted by Gasteiger charge is -2.19. The SMILES string of the molecule is C=C1CCCc2ccc(NC(=O)c3ccccc3)cc21. The van der Waals surface area contributed by atoms with Crippen LogP contribution in [0.5, 0.6) is 0 Å². The molecule has 0 bridgehead atoms. The molecule has 20 heavy (non-hydrogen) atoms. The van der Waals surface area contributed by atoms with Crippen LogP contribution in [0, 0.1) is 0 Å². The van der Waals surface area contributed by atoms with Crippen molar-refractivity contribution in [3.05, 3.63) is 71.8 Å². The largest absolute Gasteiger partial charge is 0.322 e. The van der Waals surface area contributed by atoms with Gasteiger partial charge in [0.1, 0.15) is 0 Å². The van der Waals surface area contributed by atoms with E-state index < -0.39 is 0 Å². The van der Waals surface area contributed by atoms with Gasteiger partial charge >= 0.3 is 0 Å². The van der Waals surface area contributed by atoms with Crippen LogP contribution in [-0.2, 0) is 6.42 Å². The highest BCUT2D eigenvalue weighted by Crippen LogP contribution is 2.31. The van der Waals surface area contributed by atoms with Crippen molar-refractivity contribution in [1.82, 2.24) is 0 Å². The summed E-state index contributed by atoms with van der Waals surface area (Å²) in [5, 5.41) is 2.95. The normalized spacial score (nSPS) is 13.7. The van der Waals surface area contributed by atoms with E-state index in [-0.39, 0.29) is 5.91 Å². The number of carbonyl (C=O) groups is 1. The number of hydrogen-bond acceptors (Lipinski definition) is 1.